The summed E-state index contributed by atoms with van der Waals surface area (Å²) >= 11 is 0. The predicted molar refractivity (Wildman–Crippen MR) is 108 cm³/mol. The second-order valence-electron chi connectivity index (χ2n) is 7.89. The first-order valence-electron chi connectivity index (χ1n) is 10.4. The number of amides is 2. The van der Waals surface area contributed by atoms with E-state index in [9.17, 15) is 9.59 Å². The van der Waals surface area contributed by atoms with Crippen molar-refractivity contribution in [2.45, 2.75) is 44.9 Å². The lowest BCUT2D eigenvalue weighted by atomic mass is 9.88. The van der Waals surface area contributed by atoms with Crippen LogP contribution in [0.4, 0.5) is 0 Å². The first-order valence-corrected chi connectivity index (χ1v) is 10.4. The molecule has 1 saturated carbocycles. The van der Waals surface area contributed by atoms with Crippen molar-refractivity contribution in [1.29, 1.82) is 0 Å². The van der Waals surface area contributed by atoms with Gasteiger partial charge in [0.2, 0.25) is 5.91 Å². The van der Waals surface area contributed by atoms with Gasteiger partial charge in [0.25, 0.3) is 5.91 Å². The molecule has 6 heteroatoms. The molecule has 6 nitrogen and oxygen atoms in total. The number of rotatable bonds is 6. The van der Waals surface area contributed by atoms with Crippen LogP contribution in [0.25, 0.3) is 0 Å². The quantitative estimate of drug-likeness (QED) is 0.812. The number of benzene rings is 1. The van der Waals surface area contributed by atoms with Gasteiger partial charge in [-0.2, -0.15) is 0 Å². The highest BCUT2D eigenvalue weighted by atomic mass is 16.5. The van der Waals surface area contributed by atoms with Crippen molar-refractivity contribution < 1.29 is 19.1 Å². The summed E-state index contributed by atoms with van der Waals surface area (Å²) in [4.78, 5) is 27.0. The highest BCUT2D eigenvalue weighted by Gasteiger charge is 2.26. The molecule has 28 heavy (non-hydrogen) atoms. The smallest absolute Gasteiger partial charge is 0.253 e. The Balaban J connectivity index is 1.47. The third kappa shape index (κ3) is 4.97. The van der Waals surface area contributed by atoms with Crippen LogP contribution in [0.15, 0.2) is 18.2 Å². The van der Waals surface area contributed by atoms with Crippen molar-refractivity contribution in [3.05, 3.63) is 23.8 Å². The van der Waals surface area contributed by atoms with E-state index >= 15 is 0 Å². The highest BCUT2D eigenvalue weighted by molar-refractivity contribution is 5.95. The molecule has 0 unspecified atom stereocenters. The molecule has 0 spiro atoms. The lowest BCUT2D eigenvalue weighted by Gasteiger charge is -2.32. The van der Waals surface area contributed by atoms with E-state index in [2.05, 4.69) is 5.32 Å². The van der Waals surface area contributed by atoms with Gasteiger partial charge in [0.1, 0.15) is 0 Å². The summed E-state index contributed by atoms with van der Waals surface area (Å²) in [5.74, 6) is 2.08. The molecule has 3 rings (SSSR count). The number of nitrogens with zero attached hydrogens (tertiary/aromatic N) is 1. The summed E-state index contributed by atoms with van der Waals surface area (Å²) in [6.45, 7) is 2.17. The monoisotopic (exact) mass is 388 g/mol. The minimum Gasteiger partial charge on any atom is -0.493 e. The SMILES string of the molecule is COc1ccc(C(=O)N2CCC(CNC(=O)C3CCCCC3)CC2)cc1OC. The van der Waals surface area contributed by atoms with E-state index in [0.29, 0.717) is 23.0 Å². The summed E-state index contributed by atoms with van der Waals surface area (Å²) < 4.78 is 10.5. The zero-order valence-corrected chi connectivity index (χ0v) is 17.0. The van der Waals surface area contributed by atoms with Gasteiger partial charge in [-0.3, -0.25) is 9.59 Å². The Hall–Kier alpha value is -2.24. The largest absolute Gasteiger partial charge is 0.493 e. The lowest BCUT2D eigenvalue weighted by Crippen LogP contribution is -2.42. The van der Waals surface area contributed by atoms with Gasteiger partial charge >= 0.3 is 0 Å². The van der Waals surface area contributed by atoms with Gasteiger partial charge in [0, 0.05) is 31.1 Å². The number of hydrogen-bond acceptors (Lipinski definition) is 4. The first-order chi connectivity index (χ1) is 13.6. The van der Waals surface area contributed by atoms with Crippen LogP contribution in [-0.4, -0.2) is 50.6 Å². The molecule has 1 N–H and O–H groups in total. The molecule has 1 aliphatic heterocycles. The van der Waals surface area contributed by atoms with E-state index in [1.165, 1.54) is 19.3 Å². The lowest BCUT2D eigenvalue weighted by molar-refractivity contribution is -0.126. The zero-order valence-electron chi connectivity index (χ0n) is 17.0. The maximum Gasteiger partial charge on any atom is 0.253 e. The molecule has 0 aromatic heterocycles. The van der Waals surface area contributed by atoms with Crippen molar-refractivity contribution in [2.24, 2.45) is 11.8 Å². The Labute approximate surface area is 167 Å². The molecule has 1 aromatic rings. The topological polar surface area (TPSA) is 67.9 Å². The fourth-order valence-electron chi connectivity index (χ4n) is 4.25. The van der Waals surface area contributed by atoms with Crippen LogP contribution in [-0.2, 0) is 4.79 Å². The van der Waals surface area contributed by atoms with E-state index in [0.717, 1.165) is 45.3 Å². The van der Waals surface area contributed by atoms with Crippen LogP contribution in [0.1, 0.15) is 55.3 Å². The average Bonchev–Trinajstić information content (AvgIpc) is 2.77. The van der Waals surface area contributed by atoms with E-state index in [1.54, 1.807) is 32.4 Å². The van der Waals surface area contributed by atoms with Crippen LogP contribution in [0.2, 0.25) is 0 Å². The van der Waals surface area contributed by atoms with Crippen molar-refractivity contribution in [3.8, 4) is 11.5 Å². The fourth-order valence-corrected chi connectivity index (χ4v) is 4.25. The number of carbonyl (C=O) groups excluding carboxylic acids is 2. The molecule has 0 bridgehead atoms. The third-order valence-corrected chi connectivity index (χ3v) is 6.07. The molecule has 2 fully saturated rings. The number of nitrogens with one attached hydrogen (secondary N) is 1. The van der Waals surface area contributed by atoms with E-state index < -0.39 is 0 Å². The molecule has 1 saturated heterocycles. The second kappa shape index (κ2) is 9.80. The summed E-state index contributed by atoms with van der Waals surface area (Å²) in [5.41, 5.74) is 0.613. The summed E-state index contributed by atoms with van der Waals surface area (Å²) in [7, 11) is 3.15. The van der Waals surface area contributed by atoms with Gasteiger partial charge in [0.05, 0.1) is 14.2 Å². The predicted octanol–water partition coefficient (Wildman–Crippen LogP) is 3.25. The van der Waals surface area contributed by atoms with Crippen molar-refractivity contribution in [1.82, 2.24) is 10.2 Å². The molecule has 1 heterocycles. The Morgan fingerprint density at radius 3 is 2.32 bits per heavy atom. The maximum atomic E-state index is 12.8. The van der Waals surface area contributed by atoms with E-state index in [-0.39, 0.29) is 17.7 Å². The molecular weight excluding hydrogens is 356 g/mol. The number of carbonyl (C=O) groups is 2. The highest BCUT2D eigenvalue weighted by Crippen LogP contribution is 2.29. The summed E-state index contributed by atoms with van der Waals surface area (Å²) in [5, 5.41) is 3.15. The van der Waals surface area contributed by atoms with Crippen molar-refractivity contribution in [3.63, 3.8) is 0 Å². The molecule has 1 aromatic carbocycles. The minimum atomic E-state index is 0.0191. The molecule has 154 valence electrons. The zero-order chi connectivity index (χ0) is 19.9. The van der Waals surface area contributed by atoms with Gasteiger partial charge in [0.15, 0.2) is 11.5 Å². The molecule has 0 atom stereocenters. The summed E-state index contributed by atoms with van der Waals surface area (Å²) in [6, 6.07) is 5.28. The van der Waals surface area contributed by atoms with Crippen LogP contribution in [0.3, 0.4) is 0 Å². The van der Waals surface area contributed by atoms with E-state index in [4.69, 9.17) is 9.47 Å². The molecule has 1 aliphatic carbocycles. The Morgan fingerprint density at radius 2 is 1.68 bits per heavy atom. The van der Waals surface area contributed by atoms with Crippen LogP contribution in [0.5, 0.6) is 11.5 Å². The number of methoxy groups -OCH3 is 2. The van der Waals surface area contributed by atoms with Gasteiger partial charge in [-0.1, -0.05) is 19.3 Å². The second-order valence-corrected chi connectivity index (χ2v) is 7.89. The van der Waals surface area contributed by atoms with Crippen LogP contribution < -0.4 is 14.8 Å². The average molecular weight is 389 g/mol. The Kier molecular flexibility index (Phi) is 7.18. The molecule has 0 radical (unpaired) electrons. The normalized spacial score (nSPS) is 18.6. The van der Waals surface area contributed by atoms with Gasteiger partial charge in [-0.05, 0) is 49.8 Å². The first kappa shape index (κ1) is 20.5. The molecular formula is C22H32N2O4. The third-order valence-electron chi connectivity index (χ3n) is 6.07. The van der Waals surface area contributed by atoms with Gasteiger partial charge < -0.3 is 19.7 Å². The van der Waals surface area contributed by atoms with Gasteiger partial charge in [-0.15, -0.1) is 0 Å². The van der Waals surface area contributed by atoms with Crippen LogP contribution >= 0.6 is 0 Å². The van der Waals surface area contributed by atoms with E-state index in [1.807, 2.05) is 4.90 Å². The Bertz CT molecular complexity index is 677. The summed E-state index contributed by atoms with van der Waals surface area (Å²) in [6.07, 6.45) is 7.52. The van der Waals surface area contributed by atoms with Gasteiger partial charge in [-0.25, -0.2) is 0 Å². The van der Waals surface area contributed by atoms with Crippen molar-refractivity contribution in [2.75, 3.05) is 33.9 Å². The number of likely N-dealkylation sites (tertiary alicyclic amines) is 1. The van der Waals surface area contributed by atoms with Crippen LogP contribution in [0, 0.1) is 11.8 Å². The maximum absolute atomic E-state index is 12.8. The van der Waals surface area contributed by atoms with Crippen molar-refractivity contribution >= 4 is 11.8 Å². The fraction of sp³-hybridized carbons (Fsp3) is 0.636. The molecule has 2 amide bonds. The number of piperidine rings is 1. The molecule has 2 aliphatic rings. The Morgan fingerprint density at radius 1 is 1.00 bits per heavy atom. The number of hydrogen-bond donors (Lipinski definition) is 1. The minimum absolute atomic E-state index is 0.0191. The number of ether oxygens (including phenoxy) is 2. The standard InChI is InChI=1S/C22H32N2O4/c1-27-19-9-8-18(14-20(19)28-2)22(26)24-12-10-16(11-13-24)15-23-21(25)17-6-4-3-5-7-17/h8-9,14,16-17H,3-7,10-13,15H2,1-2H3,(H,23,25).